The molecule has 0 saturated carbocycles. The normalized spacial score (nSPS) is 19.6. The number of nitrogens with one attached hydrogen (secondary N) is 1. The van der Waals surface area contributed by atoms with E-state index in [1.165, 1.54) is 24.0 Å². The third kappa shape index (κ3) is 2.68. The monoisotopic (exact) mass is 257 g/mol. The Balaban J connectivity index is 1.87. The first-order valence-corrected chi connectivity index (χ1v) is 6.88. The second kappa shape index (κ2) is 5.13. The molecule has 1 aliphatic heterocycles. The van der Waals surface area contributed by atoms with Crippen LogP contribution >= 0.6 is 0 Å². The summed E-state index contributed by atoms with van der Waals surface area (Å²) < 4.78 is 5.41. The summed E-state index contributed by atoms with van der Waals surface area (Å²) in [7, 11) is 0. The second-order valence-electron chi connectivity index (χ2n) is 5.34. The van der Waals surface area contributed by atoms with E-state index in [-0.39, 0.29) is 6.04 Å². The zero-order valence-electron chi connectivity index (χ0n) is 11.4. The summed E-state index contributed by atoms with van der Waals surface area (Å²) in [5.41, 5.74) is 3.43. The minimum atomic E-state index is 0.247. The molecule has 0 aliphatic carbocycles. The topological polar surface area (TPSA) is 51.0 Å². The zero-order chi connectivity index (χ0) is 13.2. The Hall–Kier alpha value is -1.68. The Bertz CT molecular complexity index is 550. The highest BCUT2D eigenvalue weighted by atomic mass is 16.5. The number of benzene rings is 1. The third-order valence-corrected chi connectivity index (χ3v) is 3.53. The fourth-order valence-electron chi connectivity index (χ4n) is 2.66. The van der Waals surface area contributed by atoms with Crippen LogP contribution in [0.15, 0.2) is 22.7 Å². The molecule has 1 fully saturated rings. The van der Waals surface area contributed by atoms with Crippen molar-refractivity contribution in [3.05, 3.63) is 35.2 Å². The minimum Gasteiger partial charge on any atom is -0.334 e. The highest BCUT2D eigenvalue weighted by molar-refractivity contribution is 5.55. The van der Waals surface area contributed by atoms with Gasteiger partial charge in [-0.15, -0.1) is 0 Å². The number of nitrogens with zero attached hydrogens (tertiary/aromatic N) is 2. The summed E-state index contributed by atoms with van der Waals surface area (Å²) in [4.78, 5) is 4.55. The van der Waals surface area contributed by atoms with Crippen molar-refractivity contribution in [3.8, 4) is 11.5 Å². The highest BCUT2D eigenvalue weighted by Crippen LogP contribution is 2.25. The third-order valence-electron chi connectivity index (χ3n) is 3.53. The van der Waals surface area contributed by atoms with Crippen LogP contribution in [0, 0.1) is 13.8 Å². The van der Waals surface area contributed by atoms with Crippen molar-refractivity contribution in [2.45, 2.75) is 39.2 Å². The molecule has 1 unspecified atom stereocenters. The predicted octanol–water partition coefficient (Wildman–Crippen LogP) is 3.17. The maximum Gasteiger partial charge on any atom is 0.257 e. The van der Waals surface area contributed by atoms with Gasteiger partial charge in [0, 0.05) is 5.56 Å². The van der Waals surface area contributed by atoms with E-state index in [4.69, 9.17) is 4.52 Å². The van der Waals surface area contributed by atoms with E-state index in [1.54, 1.807) is 0 Å². The number of piperidine rings is 1. The molecule has 1 saturated heterocycles. The quantitative estimate of drug-likeness (QED) is 0.897. The molecule has 4 nitrogen and oxygen atoms in total. The fraction of sp³-hybridized carbons (Fsp3) is 0.467. The van der Waals surface area contributed by atoms with E-state index in [2.05, 4.69) is 47.5 Å². The van der Waals surface area contributed by atoms with Crippen molar-refractivity contribution in [2.75, 3.05) is 6.54 Å². The van der Waals surface area contributed by atoms with Crippen molar-refractivity contribution in [2.24, 2.45) is 0 Å². The summed E-state index contributed by atoms with van der Waals surface area (Å²) in [6.45, 7) is 5.20. The fourth-order valence-corrected chi connectivity index (χ4v) is 2.66. The van der Waals surface area contributed by atoms with Crippen molar-refractivity contribution >= 4 is 0 Å². The van der Waals surface area contributed by atoms with Gasteiger partial charge in [0.25, 0.3) is 5.89 Å². The molecular weight excluding hydrogens is 238 g/mol. The Morgan fingerprint density at radius 2 is 1.95 bits per heavy atom. The summed E-state index contributed by atoms with van der Waals surface area (Å²) in [5.74, 6) is 1.41. The van der Waals surface area contributed by atoms with Crippen LogP contribution in [-0.4, -0.2) is 16.7 Å². The molecule has 1 aromatic carbocycles. The van der Waals surface area contributed by atoms with E-state index < -0.39 is 0 Å². The van der Waals surface area contributed by atoms with Crippen LogP contribution in [-0.2, 0) is 0 Å². The number of rotatable bonds is 2. The first-order valence-electron chi connectivity index (χ1n) is 6.88. The van der Waals surface area contributed by atoms with Crippen LogP contribution in [0.3, 0.4) is 0 Å². The van der Waals surface area contributed by atoms with Gasteiger partial charge in [0.2, 0.25) is 0 Å². The van der Waals surface area contributed by atoms with E-state index >= 15 is 0 Å². The Kier molecular flexibility index (Phi) is 3.34. The summed E-state index contributed by atoms with van der Waals surface area (Å²) in [5, 5.41) is 7.56. The van der Waals surface area contributed by atoms with Gasteiger partial charge in [-0.2, -0.15) is 4.98 Å². The molecule has 1 atom stereocenters. The van der Waals surface area contributed by atoms with E-state index in [9.17, 15) is 0 Å². The molecule has 0 spiro atoms. The van der Waals surface area contributed by atoms with Gasteiger partial charge >= 0.3 is 0 Å². The molecule has 0 bridgehead atoms. The molecule has 100 valence electrons. The molecule has 1 N–H and O–H groups in total. The lowest BCUT2D eigenvalue weighted by Crippen LogP contribution is -2.27. The Labute approximate surface area is 113 Å². The van der Waals surface area contributed by atoms with Crippen LogP contribution in [0.4, 0.5) is 0 Å². The molecule has 19 heavy (non-hydrogen) atoms. The molecule has 1 aliphatic rings. The summed E-state index contributed by atoms with van der Waals surface area (Å²) >= 11 is 0. The Morgan fingerprint density at radius 1 is 1.16 bits per heavy atom. The molecule has 3 rings (SSSR count). The molecule has 0 amide bonds. The van der Waals surface area contributed by atoms with E-state index in [1.807, 2.05) is 0 Å². The minimum absolute atomic E-state index is 0.247. The first kappa shape index (κ1) is 12.4. The van der Waals surface area contributed by atoms with Crippen molar-refractivity contribution in [1.29, 1.82) is 0 Å². The lowest BCUT2D eigenvalue weighted by Gasteiger charge is -2.19. The first-order chi connectivity index (χ1) is 9.22. The van der Waals surface area contributed by atoms with E-state index in [0.29, 0.717) is 5.89 Å². The lowest BCUT2D eigenvalue weighted by molar-refractivity contribution is 0.367. The van der Waals surface area contributed by atoms with Crippen molar-refractivity contribution in [1.82, 2.24) is 15.5 Å². The van der Waals surface area contributed by atoms with Crippen LogP contribution in [0.25, 0.3) is 11.5 Å². The molecular formula is C15H19N3O. The number of hydrogen-bond acceptors (Lipinski definition) is 4. The smallest absolute Gasteiger partial charge is 0.257 e. The van der Waals surface area contributed by atoms with Gasteiger partial charge in [0.05, 0.1) is 6.04 Å². The van der Waals surface area contributed by atoms with Gasteiger partial charge in [-0.1, -0.05) is 28.8 Å². The number of aromatic nitrogens is 2. The van der Waals surface area contributed by atoms with Gasteiger partial charge in [-0.3, -0.25) is 0 Å². The standard InChI is InChI=1S/C15H19N3O/c1-10-7-11(2)9-12(8-10)15-17-14(18-19-15)13-5-3-4-6-16-13/h7-9,13,16H,3-6H2,1-2H3. The van der Waals surface area contributed by atoms with Gasteiger partial charge < -0.3 is 9.84 Å². The Morgan fingerprint density at radius 3 is 2.63 bits per heavy atom. The largest absolute Gasteiger partial charge is 0.334 e. The molecule has 0 radical (unpaired) electrons. The van der Waals surface area contributed by atoms with Crippen LogP contribution in [0.5, 0.6) is 0 Å². The second-order valence-corrected chi connectivity index (χ2v) is 5.34. The highest BCUT2D eigenvalue weighted by Gasteiger charge is 2.20. The van der Waals surface area contributed by atoms with E-state index in [0.717, 1.165) is 24.4 Å². The molecule has 2 aromatic rings. The van der Waals surface area contributed by atoms with Crippen LogP contribution in [0.1, 0.15) is 42.3 Å². The van der Waals surface area contributed by atoms with Crippen molar-refractivity contribution < 1.29 is 4.52 Å². The number of aryl methyl sites for hydroxylation is 2. The van der Waals surface area contributed by atoms with Gasteiger partial charge in [-0.25, -0.2) is 0 Å². The average molecular weight is 257 g/mol. The SMILES string of the molecule is Cc1cc(C)cc(-c2nc(C3CCCCN3)no2)c1. The zero-order valence-corrected chi connectivity index (χ0v) is 11.4. The van der Waals surface area contributed by atoms with Crippen LogP contribution < -0.4 is 5.32 Å². The maximum atomic E-state index is 5.41. The summed E-state index contributed by atoms with van der Waals surface area (Å²) in [6, 6.07) is 6.55. The van der Waals surface area contributed by atoms with Crippen molar-refractivity contribution in [3.63, 3.8) is 0 Å². The van der Waals surface area contributed by atoms with Gasteiger partial charge in [0.15, 0.2) is 5.82 Å². The lowest BCUT2D eigenvalue weighted by atomic mass is 10.0. The van der Waals surface area contributed by atoms with Gasteiger partial charge in [-0.05, 0) is 45.4 Å². The molecule has 1 aromatic heterocycles. The van der Waals surface area contributed by atoms with Gasteiger partial charge in [0.1, 0.15) is 0 Å². The molecule has 4 heteroatoms. The van der Waals surface area contributed by atoms with Crippen LogP contribution in [0.2, 0.25) is 0 Å². The predicted molar refractivity (Wildman–Crippen MR) is 73.8 cm³/mol. The number of hydrogen-bond donors (Lipinski definition) is 1. The summed E-state index contributed by atoms with van der Waals surface area (Å²) in [6.07, 6.45) is 3.55. The average Bonchev–Trinajstić information content (AvgIpc) is 2.88. The molecule has 2 heterocycles. The maximum absolute atomic E-state index is 5.41.